The Morgan fingerprint density at radius 3 is 2.57 bits per heavy atom. The number of amides is 2. The topological polar surface area (TPSA) is 62.7 Å². The first-order valence-electron chi connectivity index (χ1n) is 9.84. The molecule has 0 saturated carbocycles. The van der Waals surface area contributed by atoms with E-state index in [-0.39, 0.29) is 18.0 Å². The first-order valence-corrected chi connectivity index (χ1v) is 9.84. The number of carbonyl (C=O) groups excluding carboxylic acids is 2. The SMILES string of the molecule is CC(=O)N1CCC(c2cccc(N3C(=O)OCC3Cc3ccccc3)n2)CC1. The molecule has 2 aromatic rings. The van der Waals surface area contributed by atoms with E-state index >= 15 is 0 Å². The van der Waals surface area contributed by atoms with Gasteiger partial charge in [0.15, 0.2) is 0 Å². The van der Waals surface area contributed by atoms with Gasteiger partial charge in [0.2, 0.25) is 5.91 Å². The Bertz CT molecular complexity index is 847. The van der Waals surface area contributed by atoms with E-state index in [2.05, 4.69) is 12.1 Å². The number of hydrogen-bond donors (Lipinski definition) is 0. The van der Waals surface area contributed by atoms with Crippen LogP contribution in [-0.2, 0) is 16.0 Å². The Morgan fingerprint density at radius 1 is 1.11 bits per heavy atom. The second-order valence-electron chi connectivity index (χ2n) is 7.49. The summed E-state index contributed by atoms with van der Waals surface area (Å²) in [6.07, 6.45) is 2.19. The van der Waals surface area contributed by atoms with E-state index in [4.69, 9.17) is 9.72 Å². The van der Waals surface area contributed by atoms with Crippen molar-refractivity contribution < 1.29 is 14.3 Å². The summed E-state index contributed by atoms with van der Waals surface area (Å²) in [5, 5.41) is 0. The van der Waals surface area contributed by atoms with Gasteiger partial charge in [0.25, 0.3) is 0 Å². The number of ether oxygens (including phenoxy) is 1. The highest BCUT2D eigenvalue weighted by molar-refractivity contribution is 5.89. The van der Waals surface area contributed by atoms with Crippen LogP contribution in [0.5, 0.6) is 0 Å². The van der Waals surface area contributed by atoms with E-state index < -0.39 is 0 Å². The fourth-order valence-corrected chi connectivity index (χ4v) is 4.07. The van der Waals surface area contributed by atoms with Crippen LogP contribution in [0.2, 0.25) is 0 Å². The second kappa shape index (κ2) is 8.00. The summed E-state index contributed by atoms with van der Waals surface area (Å²) in [6, 6.07) is 15.9. The number of rotatable bonds is 4. The van der Waals surface area contributed by atoms with Crippen LogP contribution in [0.3, 0.4) is 0 Å². The second-order valence-corrected chi connectivity index (χ2v) is 7.49. The Hall–Kier alpha value is -2.89. The van der Waals surface area contributed by atoms with Crippen molar-refractivity contribution in [1.29, 1.82) is 0 Å². The van der Waals surface area contributed by atoms with Gasteiger partial charge < -0.3 is 9.64 Å². The minimum Gasteiger partial charge on any atom is -0.447 e. The third-order valence-corrected chi connectivity index (χ3v) is 5.64. The molecule has 1 aromatic carbocycles. The maximum Gasteiger partial charge on any atom is 0.415 e. The number of anilines is 1. The molecule has 0 bridgehead atoms. The van der Waals surface area contributed by atoms with Crippen LogP contribution in [0.25, 0.3) is 0 Å². The molecule has 3 heterocycles. The quantitative estimate of drug-likeness (QED) is 0.817. The monoisotopic (exact) mass is 379 g/mol. The summed E-state index contributed by atoms with van der Waals surface area (Å²) in [6.45, 7) is 3.50. The molecule has 1 unspecified atom stereocenters. The molecule has 2 saturated heterocycles. The van der Waals surface area contributed by atoms with Crippen LogP contribution in [0.1, 0.15) is 36.9 Å². The standard InChI is InChI=1S/C22H25N3O3/c1-16(26)24-12-10-18(11-13-24)20-8-5-9-21(23-20)25-19(15-28-22(25)27)14-17-6-3-2-4-7-17/h2-9,18-19H,10-15H2,1H3. The lowest BCUT2D eigenvalue weighted by Crippen LogP contribution is -2.37. The highest BCUT2D eigenvalue weighted by Gasteiger charge is 2.35. The van der Waals surface area contributed by atoms with Crippen molar-refractivity contribution in [2.45, 2.75) is 38.1 Å². The zero-order chi connectivity index (χ0) is 19.5. The molecule has 1 atom stereocenters. The number of aromatic nitrogens is 1. The Morgan fingerprint density at radius 2 is 1.86 bits per heavy atom. The largest absolute Gasteiger partial charge is 0.447 e. The van der Waals surface area contributed by atoms with Crippen molar-refractivity contribution >= 4 is 17.8 Å². The number of likely N-dealkylation sites (tertiary alicyclic amines) is 1. The molecule has 1 aromatic heterocycles. The molecule has 2 aliphatic heterocycles. The normalized spacial score (nSPS) is 20.3. The fraction of sp³-hybridized carbons (Fsp3) is 0.409. The zero-order valence-corrected chi connectivity index (χ0v) is 16.1. The van der Waals surface area contributed by atoms with Crippen molar-refractivity contribution in [3.8, 4) is 0 Å². The number of carbonyl (C=O) groups is 2. The summed E-state index contributed by atoms with van der Waals surface area (Å²) in [5.41, 5.74) is 2.16. The van der Waals surface area contributed by atoms with Crippen LogP contribution in [-0.4, -0.2) is 47.6 Å². The molecule has 2 amide bonds. The van der Waals surface area contributed by atoms with E-state index in [0.29, 0.717) is 18.3 Å². The van der Waals surface area contributed by atoms with Crippen LogP contribution in [0, 0.1) is 0 Å². The lowest BCUT2D eigenvalue weighted by Gasteiger charge is -2.31. The predicted octanol–water partition coefficient (Wildman–Crippen LogP) is 3.38. The summed E-state index contributed by atoms with van der Waals surface area (Å²) in [7, 11) is 0. The zero-order valence-electron chi connectivity index (χ0n) is 16.1. The van der Waals surface area contributed by atoms with Crippen LogP contribution in [0.4, 0.5) is 10.6 Å². The Kier molecular flexibility index (Phi) is 5.28. The summed E-state index contributed by atoms with van der Waals surface area (Å²) >= 11 is 0. The molecule has 2 fully saturated rings. The van der Waals surface area contributed by atoms with Gasteiger partial charge in [0, 0.05) is 31.6 Å². The van der Waals surface area contributed by atoms with Gasteiger partial charge in [0.05, 0.1) is 6.04 Å². The van der Waals surface area contributed by atoms with Crippen molar-refractivity contribution in [2.75, 3.05) is 24.6 Å². The number of cyclic esters (lactones) is 1. The van der Waals surface area contributed by atoms with Crippen molar-refractivity contribution in [3.05, 3.63) is 59.8 Å². The predicted molar refractivity (Wildman–Crippen MR) is 106 cm³/mol. The first kappa shape index (κ1) is 18.5. The third kappa shape index (κ3) is 3.86. The highest BCUT2D eigenvalue weighted by atomic mass is 16.6. The fourth-order valence-electron chi connectivity index (χ4n) is 4.07. The molecule has 0 spiro atoms. The van der Waals surface area contributed by atoms with Gasteiger partial charge >= 0.3 is 6.09 Å². The minimum atomic E-state index is -0.336. The van der Waals surface area contributed by atoms with E-state index in [1.54, 1.807) is 11.8 Å². The van der Waals surface area contributed by atoms with Gasteiger partial charge in [-0.25, -0.2) is 9.78 Å². The van der Waals surface area contributed by atoms with Crippen molar-refractivity contribution in [2.24, 2.45) is 0 Å². The van der Waals surface area contributed by atoms with Gasteiger partial charge in [-0.3, -0.25) is 9.69 Å². The van der Waals surface area contributed by atoms with Crippen LogP contribution in [0.15, 0.2) is 48.5 Å². The molecule has 0 radical (unpaired) electrons. The van der Waals surface area contributed by atoms with Crippen molar-refractivity contribution in [1.82, 2.24) is 9.88 Å². The average Bonchev–Trinajstić information content (AvgIpc) is 3.09. The van der Waals surface area contributed by atoms with Gasteiger partial charge in [-0.05, 0) is 37.0 Å². The summed E-state index contributed by atoms with van der Waals surface area (Å²) in [5.74, 6) is 1.08. The van der Waals surface area contributed by atoms with Gasteiger partial charge in [0.1, 0.15) is 12.4 Å². The maximum atomic E-state index is 12.4. The molecule has 6 heteroatoms. The van der Waals surface area contributed by atoms with E-state index in [1.807, 2.05) is 41.3 Å². The molecule has 28 heavy (non-hydrogen) atoms. The molecular formula is C22H25N3O3. The van der Waals surface area contributed by atoms with E-state index in [9.17, 15) is 9.59 Å². The highest BCUT2D eigenvalue weighted by Crippen LogP contribution is 2.30. The lowest BCUT2D eigenvalue weighted by molar-refractivity contribution is -0.129. The smallest absolute Gasteiger partial charge is 0.415 e. The van der Waals surface area contributed by atoms with Crippen LogP contribution >= 0.6 is 0 Å². The maximum absolute atomic E-state index is 12.4. The Labute approximate surface area is 165 Å². The number of pyridine rings is 1. The van der Waals surface area contributed by atoms with Gasteiger partial charge in [-0.2, -0.15) is 0 Å². The number of nitrogens with zero attached hydrogens (tertiary/aromatic N) is 3. The molecule has 2 aliphatic rings. The number of benzene rings is 1. The van der Waals surface area contributed by atoms with Gasteiger partial charge in [-0.15, -0.1) is 0 Å². The number of hydrogen-bond acceptors (Lipinski definition) is 4. The molecule has 6 nitrogen and oxygen atoms in total. The van der Waals surface area contributed by atoms with Crippen molar-refractivity contribution in [3.63, 3.8) is 0 Å². The number of piperidine rings is 1. The molecule has 4 rings (SSSR count). The average molecular weight is 379 g/mol. The first-order chi connectivity index (χ1) is 13.6. The molecule has 146 valence electrons. The summed E-state index contributed by atoms with van der Waals surface area (Å²) < 4.78 is 5.33. The molecule has 0 aliphatic carbocycles. The Balaban J connectivity index is 1.51. The molecular weight excluding hydrogens is 354 g/mol. The molecule has 0 N–H and O–H groups in total. The van der Waals surface area contributed by atoms with E-state index in [0.717, 1.165) is 38.0 Å². The van der Waals surface area contributed by atoms with Gasteiger partial charge in [-0.1, -0.05) is 36.4 Å². The minimum absolute atomic E-state index is 0.0581. The third-order valence-electron chi connectivity index (χ3n) is 5.64. The summed E-state index contributed by atoms with van der Waals surface area (Å²) in [4.78, 5) is 32.3. The van der Waals surface area contributed by atoms with Crippen LogP contribution < -0.4 is 4.90 Å². The lowest BCUT2D eigenvalue weighted by atomic mass is 9.93. The van der Waals surface area contributed by atoms with E-state index in [1.165, 1.54) is 5.56 Å².